The highest BCUT2D eigenvalue weighted by atomic mass is 35.5. The summed E-state index contributed by atoms with van der Waals surface area (Å²) >= 11 is 6.06. The number of carbonyl (C=O) groups is 1. The molecule has 2 saturated carbocycles. The highest BCUT2D eigenvalue weighted by Gasteiger charge is 2.70. The summed E-state index contributed by atoms with van der Waals surface area (Å²) in [7, 11) is 0. The van der Waals surface area contributed by atoms with Gasteiger partial charge in [0.05, 0.1) is 0 Å². The molecule has 0 aliphatic heterocycles. The summed E-state index contributed by atoms with van der Waals surface area (Å²) in [6, 6.07) is 7.29. The number of rotatable bonds is 4. The van der Waals surface area contributed by atoms with Gasteiger partial charge in [-0.1, -0.05) is 29.8 Å². The third-order valence-electron chi connectivity index (χ3n) is 5.13. The van der Waals surface area contributed by atoms with Crippen molar-refractivity contribution in [2.45, 2.75) is 50.5 Å². The summed E-state index contributed by atoms with van der Waals surface area (Å²) in [5.41, 5.74) is 0.233. The van der Waals surface area contributed by atoms with E-state index in [9.17, 15) is 13.6 Å². The molecule has 1 aromatic rings. The van der Waals surface area contributed by atoms with Gasteiger partial charge in [-0.2, -0.15) is 0 Å². The van der Waals surface area contributed by atoms with E-state index < -0.39 is 11.3 Å². The van der Waals surface area contributed by atoms with Crippen molar-refractivity contribution in [3.63, 3.8) is 0 Å². The van der Waals surface area contributed by atoms with Crippen LogP contribution in [0.25, 0.3) is 0 Å². The van der Waals surface area contributed by atoms with Gasteiger partial charge >= 0.3 is 6.03 Å². The van der Waals surface area contributed by atoms with E-state index >= 15 is 0 Å². The quantitative estimate of drug-likeness (QED) is 0.848. The second kappa shape index (κ2) is 6.27. The Kier molecular flexibility index (Phi) is 4.50. The van der Waals surface area contributed by atoms with Gasteiger partial charge in [0.25, 0.3) is 5.92 Å². The standard InChI is InChI=1S/C17H21ClF2N2O/c18-14-4-2-1-3-12(14)7-10-21-15(23)22-13-5-8-16(9-6-13)11-17(16,19)20/h1-4,13H,5-11H2,(H2,21,22,23). The maximum atomic E-state index is 13.3. The van der Waals surface area contributed by atoms with Crippen molar-refractivity contribution in [3.05, 3.63) is 34.9 Å². The number of benzene rings is 1. The van der Waals surface area contributed by atoms with E-state index in [1.165, 1.54) is 0 Å². The van der Waals surface area contributed by atoms with Crippen LogP contribution in [-0.2, 0) is 6.42 Å². The molecule has 0 atom stereocenters. The summed E-state index contributed by atoms with van der Waals surface area (Å²) < 4.78 is 26.6. The molecule has 23 heavy (non-hydrogen) atoms. The average molecular weight is 343 g/mol. The van der Waals surface area contributed by atoms with E-state index in [1.54, 1.807) is 0 Å². The fourth-order valence-electron chi connectivity index (χ4n) is 3.49. The normalized spacial score (nSPS) is 28.4. The number of urea groups is 1. The van der Waals surface area contributed by atoms with Crippen molar-refractivity contribution in [2.24, 2.45) is 5.41 Å². The molecule has 2 fully saturated rings. The number of alkyl halides is 2. The molecule has 2 aliphatic rings. The van der Waals surface area contributed by atoms with Crippen molar-refractivity contribution in [3.8, 4) is 0 Å². The number of hydrogen-bond acceptors (Lipinski definition) is 1. The summed E-state index contributed by atoms with van der Waals surface area (Å²) in [5, 5.41) is 6.38. The zero-order chi connectivity index (χ0) is 16.5. The Hall–Kier alpha value is -1.36. The lowest BCUT2D eigenvalue weighted by Crippen LogP contribution is -2.44. The van der Waals surface area contributed by atoms with E-state index in [4.69, 9.17) is 11.6 Å². The van der Waals surface area contributed by atoms with Crippen LogP contribution in [0.15, 0.2) is 24.3 Å². The number of hydrogen-bond donors (Lipinski definition) is 2. The Bertz CT molecular complexity index is 586. The van der Waals surface area contributed by atoms with Gasteiger partial charge in [0.2, 0.25) is 0 Å². The van der Waals surface area contributed by atoms with Gasteiger partial charge in [0.15, 0.2) is 0 Å². The van der Waals surface area contributed by atoms with Crippen molar-refractivity contribution in [1.29, 1.82) is 0 Å². The van der Waals surface area contributed by atoms with Crippen molar-refractivity contribution >= 4 is 17.6 Å². The largest absolute Gasteiger partial charge is 0.338 e. The summed E-state index contributed by atoms with van der Waals surface area (Å²) in [6.45, 7) is 0.490. The molecule has 0 radical (unpaired) electrons. The maximum Gasteiger partial charge on any atom is 0.315 e. The number of nitrogens with one attached hydrogen (secondary N) is 2. The summed E-state index contributed by atoms with van der Waals surface area (Å²) in [6.07, 6.45) is 2.96. The van der Waals surface area contributed by atoms with Crippen molar-refractivity contribution in [1.82, 2.24) is 10.6 Å². The molecule has 0 aromatic heterocycles. The first kappa shape index (κ1) is 16.5. The van der Waals surface area contributed by atoms with Gasteiger partial charge in [0.1, 0.15) is 0 Å². The average Bonchev–Trinajstić information content (AvgIpc) is 3.04. The van der Waals surface area contributed by atoms with Gasteiger partial charge in [-0.25, -0.2) is 13.6 Å². The number of halogens is 3. The van der Waals surface area contributed by atoms with Crippen LogP contribution in [0.3, 0.4) is 0 Å². The molecule has 1 aromatic carbocycles. The molecular weight excluding hydrogens is 322 g/mol. The summed E-state index contributed by atoms with van der Waals surface area (Å²) in [4.78, 5) is 11.9. The van der Waals surface area contributed by atoms with Crippen molar-refractivity contribution < 1.29 is 13.6 Å². The molecule has 0 heterocycles. The summed E-state index contributed by atoms with van der Waals surface area (Å²) in [5.74, 6) is -2.48. The molecular formula is C17H21ClF2N2O. The molecule has 2 amide bonds. The molecule has 3 nitrogen and oxygen atoms in total. The van der Waals surface area contributed by atoms with Crippen LogP contribution in [0, 0.1) is 5.41 Å². The zero-order valence-corrected chi connectivity index (χ0v) is 13.6. The fourth-order valence-corrected chi connectivity index (χ4v) is 3.72. The first-order chi connectivity index (χ1) is 10.9. The van der Waals surface area contributed by atoms with Crippen molar-refractivity contribution in [2.75, 3.05) is 6.54 Å². The predicted octanol–water partition coefficient (Wildman–Crippen LogP) is 4.15. The van der Waals surface area contributed by atoms with E-state index in [0.717, 1.165) is 5.56 Å². The van der Waals surface area contributed by atoms with Crippen LogP contribution in [0.5, 0.6) is 0 Å². The van der Waals surface area contributed by atoms with Crippen LogP contribution in [0.2, 0.25) is 5.02 Å². The molecule has 1 spiro atoms. The minimum Gasteiger partial charge on any atom is -0.338 e. The second-order valence-corrected chi connectivity index (χ2v) is 7.08. The Morgan fingerprint density at radius 3 is 2.52 bits per heavy atom. The van der Waals surface area contributed by atoms with Crippen LogP contribution >= 0.6 is 11.6 Å². The topological polar surface area (TPSA) is 41.1 Å². The molecule has 3 rings (SSSR count). The lowest BCUT2D eigenvalue weighted by Gasteiger charge is -2.29. The van der Waals surface area contributed by atoms with E-state index in [-0.39, 0.29) is 18.5 Å². The smallest absolute Gasteiger partial charge is 0.315 e. The van der Waals surface area contributed by atoms with E-state index in [2.05, 4.69) is 10.6 Å². The minimum absolute atomic E-state index is 0.00246. The van der Waals surface area contributed by atoms with Gasteiger partial charge in [-0.3, -0.25) is 0 Å². The number of carbonyl (C=O) groups excluding carboxylic acids is 1. The molecule has 2 N–H and O–H groups in total. The SMILES string of the molecule is O=C(NCCc1ccccc1Cl)NC1CCC2(CC1)CC2(F)F. The van der Waals surface area contributed by atoms with Crippen LogP contribution in [0.1, 0.15) is 37.7 Å². The molecule has 6 heteroatoms. The first-order valence-corrected chi connectivity index (χ1v) is 8.45. The maximum absolute atomic E-state index is 13.3. The molecule has 0 unspecified atom stereocenters. The Labute approximate surface area is 139 Å². The van der Waals surface area contributed by atoms with Gasteiger partial charge in [-0.05, 0) is 43.7 Å². The number of amides is 2. The first-order valence-electron chi connectivity index (χ1n) is 8.07. The van der Waals surface area contributed by atoms with Crippen LogP contribution in [-0.4, -0.2) is 24.5 Å². The van der Waals surface area contributed by atoms with Crippen LogP contribution < -0.4 is 10.6 Å². The fraction of sp³-hybridized carbons (Fsp3) is 0.588. The van der Waals surface area contributed by atoms with E-state index in [0.29, 0.717) is 43.7 Å². The minimum atomic E-state index is -2.48. The lowest BCUT2D eigenvalue weighted by molar-refractivity contribution is 0.0445. The molecule has 126 valence electrons. The second-order valence-electron chi connectivity index (χ2n) is 6.68. The third kappa shape index (κ3) is 3.60. The molecule has 0 bridgehead atoms. The Morgan fingerprint density at radius 2 is 1.91 bits per heavy atom. The van der Waals surface area contributed by atoms with Gasteiger partial charge < -0.3 is 10.6 Å². The Morgan fingerprint density at radius 1 is 1.26 bits per heavy atom. The third-order valence-corrected chi connectivity index (χ3v) is 5.50. The predicted molar refractivity (Wildman–Crippen MR) is 85.9 cm³/mol. The van der Waals surface area contributed by atoms with Gasteiger partial charge in [0, 0.05) is 29.4 Å². The lowest BCUT2D eigenvalue weighted by atomic mass is 9.83. The highest BCUT2D eigenvalue weighted by Crippen LogP contribution is 2.67. The monoisotopic (exact) mass is 342 g/mol. The molecule has 0 saturated heterocycles. The Balaban J connectivity index is 1.37. The zero-order valence-electron chi connectivity index (χ0n) is 12.9. The highest BCUT2D eigenvalue weighted by molar-refractivity contribution is 6.31. The van der Waals surface area contributed by atoms with E-state index in [1.807, 2.05) is 24.3 Å². The van der Waals surface area contributed by atoms with Crippen LogP contribution in [0.4, 0.5) is 13.6 Å². The molecule has 2 aliphatic carbocycles. The van der Waals surface area contributed by atoms with Gasteiger partial charge in [-0.15, -0.1) is 0 Å².